The molecular formula is C10H13F3. The van der Waals surface area contributed by atoms with Gasteiger partial charge >= 0.3 is 0 Å². The molecule has 0 saturated heterocycles. The number of allylic oxidation sites excluding steroid dienone is 4. The minimum atomic E-state index is -2.84. The Morgan fingerprint density at radius 3 is 2.00 bits per heavy atom. The highest BCUT2D eigenvalue weighted by Gasteiger charge is 2.17. The van der Waals surface area contributed by atoms with E-state index in [1.165, 1.54) is 0 Å². The van der Waals surface area contributed by atoms with Crippen molar-refractivity contribution in [3.8, 4) is 0 Å². The maximum absolute atomic E-state index is 13.2. The van der Waals surface area contributed by atoms with E-state index in [-0.39, 0.29) is 11.5 Å². The first-order chi connectivity index (χ1) is 5.91. The van der Waals surface area contributed by atoms with E-state index >= 15 is 0 Å². The summed E-state index contributed by atoms with van der Waals surface area (Å²) in [6.45, 7) is 9.89. The Kier molecular flexibility index (Phi) is 4.52. The topological polar surface area (TPSA) is 0 Å². The van der Waals surface area contributed by atoms with Gasteiger partial charge in [-0.2, -0.15) is 0 Å². The zero-order valence-corrected chi connectivity index (χ0v) is 7.78. The van der Waals surface area contributed by atoms with Crippen LogP contribution in [-0.4, -0.2) is 6.43 Å². The van der Waals surface area contributed by atoms with Crippen molar-refractivity contribution < 1.29 is 13.2 Å². The smallest absolute Gasteiger partial charge is 0.206 e. The van der Waals surface area contributed by atoms with Gasteiger partial charge in [-0.1, -0.05) is 33.1 Å². The van der Waals surface area contributed by atoms with Crippen molar-refractivity contribution in [2.24, 2.45) is 5.92 Å². The minimum Gasteiger partial charge on any atom is -0.206 e. The van der Waals surface area contributed by atoms with Crippen LogP contribution in [0.4, 0.5) is 13.2 Å². The Balaban J connectivity index is 4.96. The molecule has 0 N–H and O–H groups in total. The van der Waals surface area contributed by atoms with E-state index in [1.54, 1.807) is 13.8 Å². The van der Waals surface area contributed by atoms with Crippen LogP contribution in [0.15, 0.2) is 36.2 Å². The van der Waals surface area contributed by atoms with Crippen LogP contribution in [0.5, 0.6) is 0 Å². The largest absolute Gasteiger partial charge is 0.266 e. The molecule has 0 heterocycles. The van der Waals surface area contributed by atoms with Crippen molar-refractivity contribution >= 4 is 0 Å². The van der Waals surface area contributed by atoms with Crippen molar-refractivity contribution in [2.45, 2.75) is 20.3 Å². The standard InChI is InChI=1S/C10H13F3/c1-5-8(10(12)13)9(11)7(4)6(2)3/h5-6,10H,1,4H2,2-3H3/b9-8-. The molecule has 0 nitrogen and oxygen atoms in total. The molecular weight excluding hydrogens is 177 g/mol. The van der Waals surface area contributed by atoms with E-state index in [2.05, 4.69) is 13.2 Å². The Morgan fingerprint density at radius 1 is 1.31 bits per heavy atom. The van der Waals surface area contributed by atoms with Crippen LogP contribution >= 0.6 is 0 Å². The third-order valence-corrected chi connectivity index (χ3v) is 1.69. The van der Waals surface area contributed by atoms with E-state index in [0.717, 1.165) is 6.08 Å². The molecule has 0 amide bonds. The molecule has 13 heavy (non-hydrogen) atoms. The zero-order valence-electron chi connectivity index (χ0n) is 7.78. The Bertz CT molecular complexity index is 237. The number of alkyl halides is 2. The van der Waals surface area contributed by atoms with Gasteiger partial charge in [0.25, 0.3) is 6.43 Å². The summed E-state index contributed by atoms with van der Waals surface area (Å²) in [5, 5.41) is 0. The average molecular weight is 190 g/mol. The first-order valence-electron chi connectivity index (χ1n) is 3.91. The van der Waals surface area contributed by atoms with Gasteiger partial charge in [-0.15, -0.1) is 0 Å². The fraction of sp³-hybridized carbons (Fsp3) is 0.400. The van der Waals surface area contributed by atoms with Crippen molar-refractivity contribution in [1.82, 2.24) is 0 Å². The highest BCUT2D eigenvalue weighted by Crippen LogP contribution is 2.25. The van der Waals surface area contributed by atoms with Gasteiger partial charge in [0, 0.05) is 0 Å². The van der Waals surface area contributed by atoms with Crippen molar-refractivity contribution in [1.29, 1.82) is 0 Å². The molecule has 0 atom stereocenters. The first kappa shape index (κ1) is 12.0. The first-order valence-corrected chi connectivity index (χ1v) is 3.91. The number of hydrogen-bond acceptors (Lipinski definition) is 0. The lowest BCUT2D eigenvalue weighted by Gasteiger charge is -2.09. The molecule has 0 saturated carbocycles. The van der Waals surface area contributed by atoms with Gasteiger partial charge in [0.05, 0.1) is 5.57 Å². The van der Waals surface area contributed by atoms with Gasteiger partial charge in [-0.25, -0.2) is 13.2 Å². The van der Waals surface area contributed by atoms with Gasteiger partial charge in [0.15, 0.2) is 0 Å². The van der Waals surface area contributed by atoms with E-state index in [9.17, 15) is 13.2 Å². The fourth-order valence-electron chi connectivity index (χ4n) is 0.713. The Hall–Kier alpha value is -0.990. The fourth-order valence-corrected chi connectivity index (χ4v) is 0.713. The summed E-state index contributed by atoms with van der Waals surface area (Å²) >= 11 is 0. The summed E-state index contributed by atoms with van der Waals surface area (Å²) in [7, 11) is 0. The van der Waals surface area contributed by atoms with Crippen LogP contribution in [0.2, 0.25) is 0 Å². The second-order valence-corrected chi connectivity index (χ2v) is 2.95. The second-order valence-electron chi connectivity index (χ2n) is 2.95. The number of halogens is 3. The molecule has 0 aliphatic carbocycles. The predicted molar refractivity (Wildman–Crippen MR) is 48.3 cm³/mol. The van der Waals surface area contributed by atoms with Gasteiger partial charge < -0.3 is 0 Å². The van der Waals surface area contributed by atoms with E-state index < -0.39 is 17.8 Å². The van der Waals surface area contributed by atoms with Gasteiger partial charge in [-0.05, 0) is 11.5 Å². The number of hydrogen-bond donors (Lipinski definition) is 0. The highest BCUT2D eigenvalue weighted by molar-refractivity contribution is 5.35. The van der Waals surface area contributed by atoms with E-state index in [0.29, 0.717) is 0 Å². The quantitative estimate of drug-likeness (QED) is 0.590. The molecule has 0 aliphatic rings. The molecule has 3 heteroatoms. The highest BCUT2D eigenvalue weighted by atomic mass is 19.3. The van der Waals surface area contributed by atoms with E-state index in [1.807, 2.05) is 0 Å². The molecule has 74 valence electrons. The lowest BCUT2D eigenvalue weighted by molar-refractivity contribution is 0.190. The van der Waals surface area contributed by atoms with Gasteiger partial charge in [0.2, 0.25) is 0 Å². The van der Waals surface area contributed by atoms with Crippen LogP contribution in [-0.2, 0) is 0 Å². The molecule has 0 bridgehead atoms. The molecule has 0 aliphatic heterocycles. The predicted octanol–water partition coefficient (Wildman–Crippen LogP) is 3.87. The van der Waals surface area contributed by atoms with Crippen LogP contribution in [0.1, 0.15) is 13.8 Å². The van der Waals surface area contributed by atoms with E-state index in [4.69, 9.17) is 0 Å². The summed E-state index contributed by atoms with van der Waals surface area (Å²) < 4.78 is 37.5. The van der Waals surface area contributed by atoms with Crippen LogP contribution in [0, 0.1) is 5.92 Å². The third-order valence-electron chi connectivity index (χ3n) is 1.69. The van der Waals surface area contributed by atoms with Crippen LogP contribution < -0.4 is 0 Å². The van der Waals surface area contributed by atoms with Gasteiger partial charge in [0.1, 0.15) is 5.83 Å². The molecule has 0 fully saturated rings. The number of rotatable bonds is 4. The van der Waals surface area contributed by atoms with Crippen LogP contribution in [0.25, 0.3) is 0 Å². The maximum atomic E-state index is 13.2. The Morgan fingerprint density at radius 2 is 1.77 bits per heavy atom. The summed E-state index contributed by atoms with van der Waals surface area (Å²) in [5.74, 6) is -1.13. The second kappa shape index (κ2) is 4.90. The maximum Gasteiger partial charge on any atom is 0.266 e. The summed E-state index contributed by atoms with van der Waals surface area (Å²) in [5.41, 5.74) is -0.603. The summed E-state index contributed by atoms with van der Waals surface area (Å²) in [6, 6.07) is 0. The molecule has 0 rings (SSSR count). The lowest BCUT2D eigenvalue weighted by Crippen LogP contribution is -2.01. The van der Waals surface area contributed by atoms with Gasteiger partial charge in [-0.3, -0.25) is 0 Å². The zero-order chi connectivity index (χ0) is 10.6. The molecule has 0 spiro atoms. The third kappa shape index (κ3) is 3.09. The monoisotopic (exact) mass is 190 g/mol. The average Bonchev–Trinajstić information content (AvgIpc) is 2.03. The summed E-state index contributed by atoms with van der Waals surface area (Å²) in [6.07, 6.45) is -2.01. The van der Waals surface area contributed by atoms with Crippen molar-refractivity contribution in [3.63, 3.8) is 0 Å². The van der Waals surface area contributed by atoms with Crippen molar-refractivity contribution in [3.05, 3.63) is 36.2 Å². The van der Waals surface area contributed by atoms with Crippen molar-refractivity contribution in [2.75, 3.05) is 0 Å². The minimum absolute atomic E-state index is 0.0789. The molecule has 0 aromatic heterocycles. The molecule has 0 unspecified atom stereocenters. The normalized spacial score (nSPS) is 13.2. The molecule has 0 radical (unpaired) electrons. The molecule has 0 aromatic rings. The molecule has 0 aromatic carbocycles. The summed E-state index contributed by atoms with van der Waals surface area (Å²) in [4.78, 5) is 0. The van der Waals surface area contributed by atoms with Crippen LogP contribution in [0.3, 0.4) is 0 Å². The lowest BCUT2D eigenvalue weighted by atomic mass is 10.0. The Labute approximate surface area is 76.5 Å². The SMILES string of the molecule is C=C/C(=C(/F)C(=C)C(C)C)C(F)F.